The maximum atomic E-state index is 5.27. The Kier molecular flexibility index (Phi) is 7.19. The van der Waals surface area contributed by atoms with Gasteiger partial charge in [-0.25, -0.2) is 0 Å². The monoisotopic (exact) mass is 311 g/mol. The lowest BCUT2D eigenvalue weighted by Crippen LogP contribution is -2.24. The fourth-order valence-electron chi connectivity index (χ4n) is 1.93. The van der Waals surface area contributed by atoms with E-state index in [1.54, 1.807) is 7.11 Å². The van der Waals surface area contributed by atoms with Crippen molar-refractivity contribution in [2.45, 2.75) is 32.2 Å². The molecule has 0 fully saturated rings. The summed E-state index contributed by atoms with van der Waals surface area (Å²) in [7, 11) is 3.60. The number of rotatable bonds is 7. The van der Waals surface area contributed by atoms with E-state index in [0.29, 0.717) is 11.9 Å². The molecule has 1 N–H and O–H groups in total. The first-order chi connectivity index (χ1) is 9.71. The van der Waals surface area contributed by atoms with E-state index in [0.717, 1.165) is 30.8 Å². The van der Waals surface area contributed by atoms with E-state index in [9.17, 15) is 0 Å². The number of aryl methyl sites for hydroxylation is 2. The minimum atomic E-state index is 0. The lowest BCUT2D eigenvalue weighted by atomic mass is 10.1. The second kappa shape index (κ2) is 8.64. The molecule has 0 amide bonds. The van der Waals surface area contributed by atoms with Crippen molar-refractivity contribution in [3.05, 3.63) is 41.5 Å². The topological polar surface area (TPSA) is 60.2 Å². The highest BCUT2D eigenvalue weighted by atomic mass is 35.5. The minimum Gasteiger partial charge on any atom is -0.497 e. The number of benzene rings is 1. The number of methoxy groups -OCH3 is 1. The van der Waals surface area contributed by atoms with E-state index in [2.05, 4.69) is 28.4 Å². The maximum absolute atomic E-state index is 5.27. The summed E-state index contributed by atoms with van der Waals surface area (Å²) >= 11 is 0. The summed E-state index contributed by atoms with van der Waals surface area (Å²) in [6, 6.07) is 8.37. The van der Waals surface area contributed by atoms with Gasteiger partial charge in [-0.2, -0.15) is 4.98 Å². The van der Waals surface area contributed by atoms with E-state index in [4.69, 9.17) is 9.26 Å². The lowest BCUT2D eigenvalue weighted by Gasteiger charge is -2.04. The number of halogens is 1. The van der Waals surface area contributed by atoms with Crippen molar-refractivity contribution in [1.29, 1.82) is 0 Å². The van der Waals surface area contributed by atoms with Gasteiger partial charge in [-0.3, -0.25) is 0 Å². The van der Waals surface area contributed by atoms with Crippen molar-refractivity contribution in [2.24, 2.45) is 0 Å². The van der Waals surface area contributed by atoms with Crippen molar-refractivity contribution < 1.29 is 9.26 Å². The summed E-state index contributed by atoms with van der Waals surface area (Å²) in [6.07, 6.45) is 2.38. The molecule has 0 saturated heterocycles. The SMILES string of the molecule is CNC(C)Cc1noc(CCc2cccc(OC)c2)n1.Cl. The van der Waals surface area contributed by atoms with Crippen LogP contribution in [-0.2, 0) is 19.3 Å². The Morgan fingerprint density at radius 2 is 2.14 bits per heavy atom. The van der Waals surface area contributed by atoms with Gasteiger partial charge < -0.3 is 14.6 Å². The number of nitrogens with one attached hydrogen (secondary N) is 1. The largest absolute Gasteiger partial charge is 0.497 e. The highest BCUT2D eigenvalue weighted by molar-refractivity contribution is 5.85. The van der Waals surface area contributed by atoms with Gasteiger partial charge in [-0.05, 0) is 38.1 Å². The van der Waals surface area contributed by atoms with Crippen LogP contribution in [0.1, 0.15) is 24.2 Å². The first-order valence-electron chi connectivity index (χ1n) is 6.83. The van der Waals surface area contributed by atoms with Crippen LogP contribution in [0.15, 0.2) is 28.8 Å². The smallest absolute Gasteiger partial charge is 0.226 e. The number of aromatic nitrogens is 2. The van der Waals surface area contributed by atoms with Gasteiger partial charge in [0.1, 0.15) is 5.75 Å². The molecule has 0 aliphatic rings. The third-order valence-corrected chi connectivity index (χ3v) is 3.25. The standard InChI is InChI=1S/C15H21N3O2.ClH/c1-11(16-2)9-14-17-15(20-18-14)8-7-12-5-4-6-13(10-12)19-3;/h4-6,10-11,16H,7-9H2,1-3H3;1H. The molecule has 2 rings (SSSR count). The average Bonchev–Trinajstić information content (AvgIpc) is 2.92. The van der Waals surface area contributed by atoms with E-state index in [1.165, 1.54) is 5.56 Å². The number of ether oxygens (including phenoxy) is 1. The van der Waals surface area contributed by atoms with Gasteiger partial charge in [0.05, 0.1) is 7.11 Å². The van der Waals surface area contributed by atoms with E-state index < -0.39 is 0 Å². The Morgan fingerprint density at radius 3 is 2.86 bits per heavy atom. The van der Waals surface area contributed by atoms with E-state index in [-0.39, 0.29) is 12.4 Å². The number of hydrogen-bond donors (Lipinski definition) is 1. The van der Waals surface area contributed by atoms with Crippen LogP contribution in [0.2, 0.25) is 0 Å². The Morgan fingerprint density at radius 1 is 1.33 bits per heavy atom. The summed E-state index contributed by atoms with van der Waals surface area (Å²) in [4.78, 5) is 4.41. The minimum absolute atomic E-state index is 0. The molecule has 0 bridgehead atoms. The van der Waals surface area contributed by atoms with Crippen molar-refractivity contribution in [2.75, 3.05) is 14.2 Å². The highest BCUT2D eigenvalue weighted by Crippen LogP contribution is 2.14. The Balaban J connectivity index is 0.00000220. The molecule has 1 atom stereocenters. The van der Waals surface area contributed by atoms with Gasteiger partial charge >= 0.3 is 0 Å². The summed E-state index contributed by atoms with van der Waals surface area (Å²) in [6.45, 7) is 2.09. The summed E-state index contributed by atoms with van der Waals surface area (Å²) in [5.74, 6) is 2.31. The number of likely N-dealkylation sites (N-methyl/N-ethyl adjacent to an activating group) is 1. The first-order valence-corrected chi connectivity index (χ1v) is 6.83. The molecule has 0 spiro atoms. The maximum Gasteiger partial charge on any atom is 0.226 e. The van der Waals surface area contributed by atoms with Gasteiger partial charge in [0.25, 0.3) is 0 Å². The average molecular weight is 312 g/mol. The van der Waals surface area contributed by atoms with Crippen LogP contribution in [0.25, 0.3) is 0 Å². The zero-order valence-corrected chi connectivity index (χ0v) is 13.4. The summed E-state index contributed by atoms with van der Waals surface area (Å²) in [5, 5.41) is 7.16. The molecule has 1 aromatic heterocycles. The van der Waals surface area contributed by atoms with Crippen LogP contribution in [0, 0.1) is 0 Å². The van der Waals surface area contributed by atoms with Crippen LogP contribution in [0.4, 0.5) is 0 Å². The molecule has 1 aromatic carbocycles. The zero-order chi connectivity index (χ0) is 14.4. The molecule has 2 aromatic rings. The first kappa shape index (κ1) is 17.5. The van der Waals surface area contributed by atoms with Gasteiger partial charge in [-0.15, -0.1) is 12.4 Å². The van der Waals surface area contributed by atoms with Crippen molar-refractivity contribution in [3.63, 3.8) is 0 Å². The Hall–Kier alpha value is -1.59. The summed E-state index contributed by atoms with van der Waals surface area (Å²) in [5.41, 5.74) is 1.20. The second-order valence-corrected chi connectivity index (χ2v) is 4.85. The van der Waals surface area contributed by atoms with Crippen molar-refractivity contribution >= 4 is 12.4 Å². The zero-order valence-electron chi connectivity index (χ0n) is 12.6. The predicted molar refractivity (Wildman–Crippen MR) is 84.2 cm³/mol. The Labute approximate surface area is 131 Å². The summed E-state index contributed by atoms with van der Waals surface area (Å²) < 4.78 is 10.5. The number of nitrogens with zero attached hydrogens (tertiary/aromatic N) is 2. The molecule has 0 aliphatic heterocycles. The molecule has 0 aliphatic carbocycles. The molecule has 21 heavy (non-hydrogen) atoms. The van der Waals surface area contributed by atoms with Gasteiger partial charge in [0.2, 0.25) is 5.89 Å². The van der Waals surface area contributed by atoms with Crippen molar-refractivity contribution in [1.82, 2.24) is 15.5 Å². The lowest BCUT2D eigenvalue weighted by molar-refractivity contribution is 0.371. The van der Waals surface area contributed by atoms with Crippen LogP contribution in [0.5, 0.6) is 5.75 Å². The molecule has 1 heterocycles. The molecule has 0 saturated carbocycles. The molecule has 116 valence electrons. The van der Waals surface area contributed by atoms with Crippen LogP contribution in [0.3, 0.4) is 0 Å². The molecule has 0 radical (unpaired) electrons. The third-order valence-electron chi connectivity index (χ3n) is 3.25. The van der Waals surface area contributed by atoms with E-state index in [1.807, 2.05) is 25.2 Å². The molecule has 6 heteroatoms. The predicted octanol–water partition coefficient (Wildman–Crippen LogP) is 2.44. The molecular weight excluding hydrogens is 290 g/mol. The fraction of sp³-hybridized carbons (Fsp3) is 0.467. The van der Waals surface area contributed by atoms with Crippen molar-refractivity contribution in [3.8, 4) is 5.75 Å². The van der Waals surface area contributed by atoms with Gasteiger partial charge in [0.15, 0.2) is 5.82 Å². The molecule has 5 nitrogen and oxygen atoms in total. The molecule has 1 unspecified atom stereocenters. The third kappa shape index (κ3) is 5.36. The fourth-order valence-corrected chi connectivity index (χ4v) is 1.93. The van der Waals surface area contributed by atoms with Gasteiger partial charge in [-0.1, -0.05) is 17.3 Å². The van der Waals surface area contributed by atoms with Crippen LogP contribution < -0.4 is 10.1 Å². The van der Waals surface area contributed by atoms with Crippen LogP contribution in [-0.4, -0.2) is 30.3 Å². The highest BCUT2D eigenvalue weighted by Gasteiger charge is 2.09. The van der Waals surface area contributed by atoms with E-state index >= 15 is 0 Å². The second-order valence-electron chi connectivity index (χ2n) is 4.85. The van der Waals surface area contributed by atoms with Gasteiger partial charge in [0, 0.05) is 18.9 Å². The quantitative estimate of drug-likeness (QED) is 0.851. The Bertz CT molecular complexity index is 545. The molecular formula is C15H22ClN3O2. The van der Waals surface area contributed by atoms with Crippen LogP contribution >= 0.6 is 12.4 Å². The number of hydrogen-bond acceptors (Lipinski definition) is 5. The normalized spacial score (nSPS) is 11.8.